The molecule has 0 amide bonds. The van der Waals surface area contributed by atoms with Crippen molar-refractivity contribution in [3.63, 3.8) is 0 Å². The highest BCUT2D eigenvalue weighted by Crippen LogP contribution is 2.24. The minimum absolute atomic E-state index is 0.697. The summed E-state index contributed by atoms with van der Waals surface area (Å²) in [5.74, 6) is 0.877. The lowest BCUT2D eigenvalue weighted by Gasteiger charge is -2.22. The van der Waals surface area contributed by atoms with E-state index in [1.807, 2.05) is 0 Å². The summed E-state index contributed by atoms with van der Waals surface area (Å²) in [6, 6.07) is 8.56. The van der Waals surface area contributed by atoms with Crippen molar-refractivity contribution in [1.29, 1.82) is 0 Å². The molecule has 0 unspecified atom stereocenters. The van der Waals surface area contributed by atoms with Crippen molar-refractivity contribution in [2.24, 2.45) is 5.92 Å². The first-order chi connectivity index (χ1) is 8.38. The molecule has 1 saturated carbocycles. The molecule has 1 aliphatic carbocycles. The van der Waals surface area contributed by atoms with E-state index < -0.39 is 0 Å². The van der Waals surface area contributed by atoms with Crippen LogP contribution in [0.1, 0.15) is 37.7 Å². The van der Waals surface area contributed by atoms with Gasteiger partial charge in [-0.05, 0) is 36.5 Å². The second-order valence-corrected chi connectivity index (χ2v) is 5.01. The summed E-state index contributed by atoms with van der Waals surface area (Å²) in [5.41, 5.74) is 2.46. The maximum atomic E-state index is 5.10. The van der Waals surface area contributed by atoms with Crippen LogP contribution < -0.4 is 5.32 Å². The number of hydrogen-bond acceptors (Lipinski definition) is 2. The Morgan fingerprint density at radius 1 is 1.12 bits per heavy atom. The Morgan fingerprint density at radius 2 is 1.82 bits per heavy atom. The summed E-state index contributed by atoms with van der Waals surface area (Å²) >= 11 is 0. The molecular weight excluding hydrogens is 210 g/mol. The lowest BCUT2D eigenvalue weighted by Crippen LogP contribution is -2.17. The van der Waals surface area contributed by atoms with E-state index in [4.69, 9.17) is 4.74 Å². The lowest BCUT2D eigenvalue weighted by molar-refractivity contribution is 0.185. The van der Waals surface area contributed by atoms with E-state index in [1.54, 1.807) is 7.11 Å². The average molecular weight is 233 g/mol. The highest BCUT2D eigenvalue weighted by atomic mass is 16.5. The molecule has 0 aliphatic heterocycles. The molecule has 0 saturated heterocycles. The van der Waals surface area contributed by atoms with Crippen molar-refractivity contribution < 1.29 is 4.74 Å². The van der Waals surface area contributed by atoms with Crippen LogP contribution in [0.3, 0.4) is 0 Å². The van der Waals surface area contributed by atoms with E-state index in [0.717, 1.165) is 12.5 Å². The van der Waals surface area contributed by atoms with Gasteiger partial charge in [-0.25, -0.2) is 0 Å². The van der Waals surface area contributed by atoms with Gasteiger partial charge in [0, 0.05) is 19.3 Å². The van der Waals surface area contributed by atoms with Gasteiger partial charge < -0.3 is 10.1 Å². The largest absolute Gasteiger partial charge is 0.385 e. The number of hydrogen-bond donors (Lipinski definition) is 1. The van der Waals surface area contributed by atoms with Crippen molar-refractivity contribution >= 4 is 5.69 Å². The summed E-state index contributed by atoms with van der Waals surface area (Å²) in [6.07, 6.45) is 7.06. The Balaban J connectivity index is 1.77. The monoisotopic (exact) mass is 233 g/mol. The minimum Gasteiger partial charge on any atom is -0.385 e. The first-order valence-electron chi connectivity index (χ1n) is 6.70. The minimum atomic E-state index is 0.697. The van der Waals surface area contributed by atoms with Gasteiger partial charge in [-0.15, -0.1) is 0 Å². The fraction of sp³-hybridized carbons (Fsp3) is 0.600. The van der Waals surface area contributed by atoms with E-state index in [9.17, 15) is 0 Å². The van der Waals surface area contributed by atoms with Crippen LogP contribution in [0.2, 0.25) is 0 Å². The smallest absolute Gasteiger partial charge is 0.0713 e. The molecule has 1 N–H and O–H groups in total. The quantitative estimate of drug-likeness (QED) is 0.834. The highest BCUT2D eigenvalue weighted by molar-refractivity contribution is 5.44. The van der Waals surface area contributed by atoms with E-state index in [2.05, 4.69) is 29.6 Å². The Kier molecular flexibility index (Phi) is 4.87. The van der Waals surface area contributed by atoms with E-state index >= 15 is 0 Å². The van der Waals surface area contributed by atoms with Crippen LogP contribution in [-0.2, 0) is 11.3 Å². The van der Waals surface area contributed by atoms with Crippen molar-refractivity contribution in [3.05, 3.63) is 29.8 Å². The molecule has 0 bridgehead atoms. The number of benzene rings is 1. The van der Waals surface area contributed by atoms with E-state index in [-0.39, 0.29) is 0 Å². The van der Waals surface area contributed by atoms with Crippen LogP contribution in [0.25, 0.3) is 0 Å². The number of rotatable bonds is 5. The maximum Gasteiger partial charge on any atom is 0.0713 e. The maximum absolute atomic E-state index is 5.10. The van der Waals surface area contributed by atoms with Gasteiger partial charge in [-0.2, -0.15) is 0 Å². The second-order valence-electron chi connectivity index (χ2n) is 5.01. The second kappa shape index (κ2) is 6.65. The van der Waals surface area contributed by atoms with Gasteiger partial charge in [0.05, 0.1) is 6.61 Å². The normalized spacial score (nSPS) is 17.0. The van der Waals surface area contributed by atoms with Crippen LogP contribution in [0.5, 0.6) is 0 Å². The molecule has 2 heteroatoms. The van der Waals surface area contributed by atoms with Gasteiger partial charge in [0.15, 0.2) is 0 Å². The molecule has 0 aromatic heterocycles. The third-order valence-electron chi connectivity index (χ3n) is 3.58. The van der Waals surface area contributed by atoms with Gasteiger partial charge in [-0.3, -0.25) is 0 Å². The average Bonchev–Trinajstić information content (AvgIpc) is 2.40. The molecule has 0 atom stereocenters. The van der Waals surface area contributed by atoms with Crippen molar-refractivity contribution in [3.8, 4) is 0 Å². The molecular formula is C15H23NO. The zero-order valence-electron chi connectivity index (χ0n) is 10.7. The zero-order valence-corrected chi connectivity index (χ0v) is 10.7. The lowest BCUT2D eigenvalue weighted by atomic mass is 9.89. The van der Waals surface area contributed by atoms with Crippen LogP contribution in [0.15, 0.2) is 24.3 Å². The van der Waals surface area contributed by atoms with Crippen molar-refractivity contribution in [1.82, 2.24) is 0 Å². The predicted molar refractivity (Wildman–Crippen MR) is 72.2 cm³/mol. The van der Waals surface area contributed by atoms with Gasteiger partial charge in [0.2, 0.25) is 0 Å². The van der Waals surface area contributed by atoms with Crippen molar-refractivity contribution in [2.45, 2.75) is 38.7 Å². The van der Waals surface area contributed by atoms with E-state index in [1.165, 1.54) is 43.4 Å². The Bertz CT molecular complexity index is 314. The van der Waals surface area contributed by atoms with E-state index in [0.29, 0.717) is 6.61 Å². The highest BCUT2D eigenvalue weighted by Gasteiger charge is 2.12. The van der Waals surface area contributed by atoms with Crippen molar-refractivity contribution in [2.75, 3.05) is 19.0 Å². The number of ether oxygens (including phenoxy) is 1. The Morgan fingerprint density at radius 3 is 2.47 bits per heavy atom. The van der Waals surface area contributed by atoms with Gasteiger partial charge in [0.1, 0.15) is 0 Å². The molecule has 1 aliphatic rings. The van der Waals surface area contributed by atoms with Gasteiger partial charge >= 0.3 is 0 Å². The van der Waals surface area contributed by atoms with Gasteiger partial charge in [0.25, 0.3) is 0 Å². The summed E-state index contributed by atoms with van der Waals surface area (Å²) in [4.78, 5) is 0. The number of nitrogens with one attached hydrogen (secondary N) is 1. The Hall–Kier alpha value is -1.02. The summed E-state index contributed by atoms with van der Waals surface area (Å²) in [5, 5.41) is 3.54. The van der Waals surface area contributed by atoms with Crippen LogP contribution in [-0.4, -0.2) is 13.7 Å². The molecule has 17 heavy (non-hydrogen) atoms. The molecule has 1 fully saturated rings. The molecule has 2 rings (SSSR count). The third kappa shape index (κ3) is 4.04. The molecule has 1 aromatic rings. The first kappa shape index (κ1) is 12.4. The molecule has 0 heterocycles. The summed E-state index contributed by atoms with van der Waals surface area (Å²) in [6.45, 7) is 1.83. The zero-order chi connectivity index (χ0) is 11.9. The number of anilines is 1. The van der Waals surface area contributed by atoms with Gasteiger partial charge in [-0.1, -0.05) is 31.4 Å². The fourth-order valence-electron chi connectivity index (χ4n) is 2.54. The molecule has 2 nitrogen and oxygen atoms in total. The van der Waals surface area contributed by atoms with Crippen LogP contribution in [0.4, 0.5) is 5.69 Å². The Labute approximate surface area is 104 Å². The fourth-order valence-corrected chi connectivity index (χ4v) is 2.54. The SMILES string of the molecule is COCc1ccc(NCC2CCCCC2)cc1. The summed E-state index contributed by atoms with van der Waals surface area (Å²) < 4.78 is 5.10. The topological polar surface area (TPSA) is 21.3 Å². The predicted octanol–water partition coefficient (Wildman–Crippen LogP) is 3.83. The van der Waals surface area contributed by atoms with Crippen LogP contribution >= 0.6 is 0 Å². The van der Waals surface area contributed by atoms with Crippen LogP contribution in [0, 0.1) is 5.92 Å². The molecule has 94 valence electrons. The first-order valence-corrected chi connectivity index (χ1v) is 6.70. The third-order valence-corrected chi connectivity index (χ3v) is 3.58. The molecule has 1 aromatic carbocycles. The summed E-state index contributed by atoms with van der Waals surface area (Å²) in [7, 11) is 1.73. The molecule has 0 radical (unpaired) electrons. The molecule has 0 spiro atoms. The number of methoxy groups -OCH3 is 1. The standard InChI is InChI=1S/C15H23NO/c1-17-12-14-7-9-15(10-8-14)16-11-13-5-3-2-4-6-13/h7-10,13,16H,2-6,11-12H2,1H3.